The van der Waals surface area contributed by atoms with E-state index < -0.39 is 5.97 Å². The van der Waals surface area contributed by atoms with Gasteiger partial charge in [0, 0.05) is 55.3 Å². The molecule has 3 aromatic rings. The molecule has 2 aliphatic rings. The molecule has 2 fully saturated rings. The molecular weight excluding hydrogens is 558 g/mol. The molecule has 0 radical (unpaired) electrons. The average Bonchev–Trinajstić information content (AvgIpc) is 3.22. The Balaban J connectivity index is 0.00000353. The molecular formula is C25H25Cl2LiN6O4S. The maximum absolute atomic E-state index is 12.7. The summed E-state index contributed by atoms with van der Waals surface area (Å²) >= 11 is 13.3. The maximum Gasteiger partial charge on any atom is 1.00 e. The molecule has 3 heterocycles. The van der Waals surface area contributed by atoms with Gasteiger partial charge in [0.25, 0.3) is 5.91 Å². The molecule has 200 valence electrons. The number of piperidine rings is 1. The van der Waals surface area contributed by atoms with Gasteiger partial charge in [-0.1, -0.05) is 46.7 Å². The number of rotatable bonds is 8. The number of carbonyl (C=O) groups is 3. The predicted octanol–water partition coefficient (Wildman–Crippen LogP) is 0.0507. The summed E-state index contributed by atoms with van der Waals surface area (Å²) in [6, 6.07) is 6.89. The third-order valence-electron chi connectivity index (χ3n) is 6.81. The molecule has 1 unspecified atom stereocenters. The van der Waals surface area contributed by atoms with Gasteiger partial charge in [0.15, 0.2) is 5.13 Å². The van der Waals surface area contributed by atoms with Gasteiger partial charge < -0.3 is 35.7 Å². The summed E-state index contributed by atoms with van der Waals surface area (Å²) in [7, 11) is 0. The van der Waals surface area contributed by atoms with E-state index in [1.54, 1.807) is 25.1 Å². The van der Waals surface area contributed by atoms with Crippen molar-refractivity contribution < 1.29 is 38.4 Å². The van der Waals surface area contributed by atoms with E-state index in [-0.39, 0.29) is 70.7 Å². The second-order valence-electron chi connectivity index (χ2n) is 9.41. The monoisotopic (exact) mass is 582 g/mol. The Labute approximate surface area is 251 Å². The molecule has 5 rings (SSSR count). The number of benzene rings is 1. The van der Waals surface area contributed by atoms with Gasteiger partial charge in [-0.05, 0) is 31.5 Å². The zero-order valence-electron chi connectivity index (χ0n) is 21.6. The summed E-state index contributed by atoms with van der Waals surface area (Å²) in [5.74, 6) is -1.10. The van der Waals surface area contributed by atoms with Crippen LogP contribution >= 0.6 is 34.5 Å². The Hall–Kier alpha value is -2.68. The Bertz CT molecular complexity index is 1420. The number of aromatic amines is 1. The summed E-state index contributed by atoms with van der Waals surface area (Å²) in [6.45, 7) is 5.38. The number of hydrogen-bond donors (Lipinski definition) is 4. The summed E-state index contributed by atoms with van der Waals surface area (Å²) in [4.78, 5) is 46.1. The third-order valence-corrected chi connectivity index (χ3v) is 8.89. The van der Waals surface area contributed by atoms with Gasteiger partial charge in [0.05, 0.1) is 26.6 Å². The van der Waals surface area contributed by atoms with Crippen LogP contribution in [0.1, 0.15) is 44.0 Å². The zero-order chi connectivity index (χ0) is 27.1. The number of carboxylic acid groups (broad SMARTS) is 1. The standard InChI is InChI=1S/C25H26Cl2N6O4S.Li/c1-3-28-24(37)30-13-6-4-5-12(7-13)8-16-21(23(35)36)38-25(31-16)33-9-14-15(10-33)19(14)32-22(34)20-18(27)17(26)11(2)29-20;/h4-7,14-15,19,29H,3,8-10H2,1-2H3,(H,32,34)(H,35,36)(H2,28,30,37);/q;+1/p-1/t14-,15+,19?;. The number of aryl methyl sites for hydroxylation is 1. The Morgan fingerprint density at radius 2 is 1.92 bits per heavy atom. The van der Waals surface area contributed by atoms with Crippen LogP contribution in [0.15, 0.2) is 24.3 Å². The van der Waals surface area contributed by atoms with E-state index in [1.165, 1.54) is 0 Å². The number of hydrogen-bond acceptors (Lipinski definition) is 7. The van der Waals surface area contributed by atoms with Gasteiger partial charge in [-0.15, -0.1) is 0 Å². The Kier molecular flexibility index (Phi) is 8.88. The molecule has 1 aliphatic heterocycles. The molecule has 14 heteroatoms. The number of fused-ring (bicyclic) bond motifs is 1. The minimum absolute atomic E-state index is 0. The quantitative estimate of drug-likeness (QED) is 0.276. The number of anilines is 2. The third kappa shape index (κ3) is 6.08. The van der Waals surface area contributed by atoms with Crippen LogP contribution in [-0.2, 0) is 6.42 Å². The summed E-state index contributed by atoms with van der Waals surface area (Å²) in [5.41, 5.74) is 2.72. The minimum Gasteiger partial charge on any atom is -0.544 e. The summed E-state index contributed by atoms with van der Waals surface area (Å²) in [5, 5.41) is 21.5. The number of nitrogens with zero attached hydrogens (tertiary/aromatic N) is 2. The normalized spacial score (nSPS) is 19.2. The Morgan fingerprint density at radius 3 is 2.54 bits per heavy atom. The summed E-state index contributed by atoms with van der Waals surface area (Å²) < 4.78 is 0. The van der Waals surface area contributed by atoms with Crippen LogP contribution in [-0.4, -0.2) is 53.6 Å². The molecule has 10 nitrogen and oxygen atoms in total. The minimum atomic E-state index is -1.27. The number of H-pyrrole nitrogens is 1. The molecule has 1 aromatic carbocycles. The first kappa shape index (κ1) is 29.3. The van der Waals surface area contributed by atoms with Gasteiger partial charge in [0.2, 0.25) is 0 Å². The fourth-order valence-electron chi connectivity index (χ4n) is 4.89. The van der Waals surface area contributed by atoms with Crippen LogP contribution in [0, 0.1) is 18.8 Å². The van der Waals surface area contributed by atoms with E-state index in [0.29, 0.717) is 46.9 Å². The SMILES string of the molecule is CCNC(=O)Nc1cccc(Cc2nc(N3C[C@@H]4C(NC(=O)c5[nH]c(C)c(Cl)c5Cl)[C@@H]4C3)sc2C(=O)[O-])c1.[Li+]. The van der Waals surface area contributed by atoms with Crippen molar-refractivity contribution in [3.05, 3.63) is 61.8 Å². The van der Waals surface area contributed by atoms with E-state index in [0.717, 1.165) is 16.9 Å². The number of aromatic carboxylic acids is 1. The van der Waals surface area contributed by atoms with Crippen molar-refractivity contribution in [2.75, 3.05) is 29.9 Å². The van der Waals surface area contributed by atoms with Gasteiger partial charge in [0.1, 0.15) is 5.69 Å². The van der Waals surface area contributed by atoms with Crippen molar-refractivity contribution in [2.45, 2.75) is 26.3 Å². The second kappa shape index (κ2) is 11.8. The largest absolute Gasteiger partial charge is 1.00 e. The van der Waals surface area contributed by atoms with Crippen LogP contribution in [0.2, 0.25) is 10.0 Å². The average molecular weight is 583 g/mol. The predicted molar refractivity (Wildman–Crippen MR) is 144 cm³/mol. The molecule has 0 spiro atoms. The number of urea groups is 1. The van der Waals surface area contributed by atoms with Crippen LogP contribution in [0.5, 0.6) is 0 Å². The topological polar surface area (TPSA) is 142 Å². The number of amides is 3. The van der Waals surface area contributed by atoms with E-state index in [4.69, 9.17) is 23.2 Å². The fraction of sp³-hybridized carbons (Fsp3) is 0.360. The van der Waals surface area contributed by atoms with Crippen molar-refractivity contribution >= 4 is 63.3 Å². The zero-order valence-corrected chi connectivity index (χ0v) is 23.9. The van der Waals surface area contributed by atoms with Crippen molar-refractivity contribution in [3.63, 3.8) is 0 Å². The second-order valence-corrected chi connectivity index (χ2v) is 11.1. The van der Waals surface area contributed by atoms with Gasteiger partial charge in [-0.2, -0.15) is 0 Å². The maximum atomic E-state index is 12.7. The number of carbonyl (C=O) groups excluding carboxylic acids is 3. The molecule has 1 saturated carbocycles. The molecule has 3 amide bonds. The van der Waals surface area contributed by atoms with Crippen LogP contribution in [0.25, 0.3) is 0 Å². The van der Waals surface area contributed by atoms with Crippen molar-refractivity contribution in [3.8, 4) is 0 Å². The first-order chi connectivity index (χ1) is 18.2. The molecule has 1 aliphatic carbocycles. The summed E-state index contributed by atoms with van der Waals surface area (Å²) in [6.07, 6.45) is 0.281. The number of carboxylic acids is 1. The van der Waals surface area contributed by atoms with Crippen molar-refractivity contribution in [2.24, 2.45) is 11.8 Å². The fourth-order valence-corrected chi connectivity index (χ4v) is 6.24. The number of halogens is 2. The van der Waals surface area contributed by atoms with Crippen LogP contribution in [0.3, 0.4) is 0 Å². The number of nitrogens with one attached hydrogen (secondary N) is 4. The number of thiazole rings is 1. The van der Waals surface area contributed by atoms with Gasteiger partial charge >= 0.3 is 24.9 Å². The van der Waals surface area contributed by atoms with Crippen molar-refractivity contribution in [1.82, 2.24) is 20.6 Å². The smallest absolute Gasteiger partial charge is 0.544 e. The van der Waals surface area contributed by atoms with Gasteiger partial charge in [-0.3, -0.25) is 4.79 Å². The Morgan fingerprint density at radius 1 is 1.21 bits per heavy atom. The van der Waals surface area contributed by atoms with E-state index in [1.807, 2.05) is 17.9 Å². The first-order valence-corrected chi connectivity index (χ1v) is 13.7. The molecule has 3 atom stereocenters. The molecule has 39 heavy (non-hydrogen) atoms. The first-order valence-electron chi connectivity index (χ1n) is 12.1. The van der Waals surface area contributed by atoms with Gasteiger partial charge in [-0.25, -0.2) is 9.78 Å². The van der Waals surface area contributed by atoms with Crippen molar-refractivity contribution in [1.29, 1.82) is 0 Å². The van der Waals surface area contributed by atoms with E-state index in [2.05, 4.69) is 25.9 Å². The van der Waals surface area contributed by atoms with E-state index in [9.17, 15) is 19.5 Å². The number of aromatic nitrogens is 2. The molecule has 2 aromatic heterocycles. The van der Waals surface area contributed by atoms with Crippen LogP contribution < -0.4 is 44.8 Å². The molecule has 0 bridgehead atoms. The van der Waals surface area contributed by atoms with Crippen LogP contribution in [0.4, 0.5) is 15.6 Å². The molecule has 4 N–H and O–H groups in total. The molecule has 1 saturated heterocycles. The van der Waals surface area contributed by atoms with E-state index >= 15 is 0 Å².